The molecule has 0 amide bonds. The van der Waals surface area contributed by atoms with Crippen molar-refractivity contribution in [2.24, 2.45) is 0 Å². The summed E-state index contributed by atoms with van der Waals surface area (Å²) in [5.74, 6) is -1.13. The van der Waals surface area contributed by atoms with Gasteiger partial charge in [0.2, 0.25) is 0 Å². The van der Waals surface area contributed by atoms with Crippen molar-refractivity contribution in [2.45, 2.75) is 19.3 Å². The summed E-state index contributed by atoms with van der Waals surface area (Å²) in [6.45, 7) is 0. The number of nitrogens with zero attached hydrogens (tertiary/aromatic N) is 3. The first-order chi connectivity index (χ1) is 13.4. The topological polar surface area (TPSA) is 98.3 Å². The largest absolute Gasteiger partial charge is 0.476 e. The number of fused-ring (bicyclic) bond motifs is 3. The molecule has 4 rings (SSSR count). The minimum absolute atomic E-state index is 0.00347. The first kappa shape index (κ1) is 18.5. The molecule has 0 radical (unpaired) electrons. The summed E-state index contributed by atoms with van der Waals surface area (Å²) < 4.78 is 1.49. The summed E-state index contributed by atoms with van der Waals surface area (Å²) in [7, 11) is 0. The van der Waals surface area contributed by atoms with Crippen LogP contribution < -0.4 is 0 Å². The maximum Gasteiger partial charge on any atom is 0.356 e. The Bertz CT molecular complexity index is 1140. The van der Waals surface area contributed by atoms with E-state index in [1.165, 1.54) is 16.8 Å². The molecule has 1 heterocycles. The maximum atomic E-state index is 11.8. The highest BCUT2D eigenvalue weighted by atomic mass is 35.5. The van der Waals surface area contributed by atoms with Crippen molar-refractivity contribution in [1.29, 1.82) is 0 Å². The normalized spacial score (nSPS) is 12.8. The van der Waals surface area contributed by atoms with E-state index >= 15 is 0 Å². The van der Waals surface area contributed by atoms with E-state index in [0.717, 1.165) is 5.56 Å². The Morgan fingerprint density at radius 2 is 1.96 bits per heavy atom. The van der Waals surface area contributed by atoms with Gasteiger partial charge in [-0.1, -0.05) is 23.2 Å². The Labute approximate surface area is 169 Å². The van der Waals surface area contributed by atoms with Crippen LogP contribution >= 0.6 is 23.2 Å². The maximum absolute atomic E-state index is 11.8. The molecule has 142 valence electrons. The van der Waals surface area contributed by atoms with Gasteiger partial charge in [-0.2, -0.15) is 5.10 Å². The quantitative estimate of drug-likeness (QED) is 0.480. The fraction of sp³-hybridized carbons (Fsp3) is 0.158. The summed E-state index contributed by atoms with van der Waals surface area (Å²) in [4.78, 5) is 22.5. The third-order valence-corrected chi connectivity index (χ3v) is 5.29. The summed E-state index contributed by atoms with van der Waals surface area (Å²) >= 11 is 12.3. The highest BCUT2D eigenvalue weighted by molar-refractivity contribution is 6.35. The van der Waals surface area contributed by atoms with Crippen molar-refractivity contribution in [3.8, 4) is 16.9 Å². The second-order valence-electron chi connectivity index (χ2n) is 6.44. The van der Waals surface area contributed by atoms with Crippen LogP contribution in [0, 0.1) is 10.1 Å². The smallest absolute Gasteiger partial charge is 0.356 e. The number of non-ortho nitro benzene ring substituents is 1. The molecule has 0 unspecified atom stereocenters. The number of aromatic nitrogens is 2. The minimum Gasteiger partial charge on any atom is -0.476 e. The number of rotatable bonds is 3. The number of carbonyl (C=O) groups is 1. The molecule has 1 aromatic heterocycles. The summed E-state index contributed by atoms with van der Waals surface area (Å²) in [6, 6.07) is 9.46. The highest BCUT2D eigenvalue weighted by Crippen LogP contribution is 2.39. The van der Waals surface area contributed by atoms with Crippen LogP contribution in [-0.4, -0.2) is 25.8 Å². The zero-order valence-corrected chi connectivity index (χ0v) is 15.9. The molecule has 3 aromatic rings. The highest BCUT2D eigenvalue weighted by Gasteiger charge is 2.29. The monoisotopic (exact) mass is 417 g/mol. The Balaban J connectivity index is 2.03. The molecule has 1 aliphatic carbocycles. The molecule has 7 nitrogen and oxygen atoms in total. The molecule has 0 saturated heterocycles. The third kappa shape index (κ3) is 3.02. The summed E-state index contributed by atoms with van der Waals surface area (Å²) in [5.41, 5.74) is 3.10. The predicted molar refractivity (Wildman–Crippen MR) is 105 cm³/mol. The van der Waals surface area contributed by atoms with Crippen molar-refractivity contribution in [1.82, 2.24) is 9.78 Å². The van der Waals surface area contributed by atoms with E-state index in [-0.39, 0.29) is 11.4 Å². The number of benzene rings is 2. The lowest BCUT2D eigenvalue weighted by molar-refractivity contribution is -0.384. The third-order valence-electron chi connectivity index (χ3n) is 4.75. The molecule has 0 fully saturated rings. The van der Waals surface area contributed by atoms with Crippen molar-refractivity contribution >= 4 is 34.9 Å². The molecule has 28 heavy (non-hydrogen) atoms. The van der Waals surface area contributed by atoms with Crippen LogP contribution in [0.5, 0.6) is 0 Å². The van der Waals surface area contributed by atoms with Gasteiger partial charge >= 0.3 is 5.97 Å². The van der Waals surface area contributed by atoms with Gasteiger partial charge in [-0.3, -0.25) is 10.1 Å². The number of nitro groups is 1. The number of hydrogen-bond donors (Lipinski definition) is 1. The van der Waals surface area contributed by atoms with E-state index < -0.39 is 10.9 Å². The van der Waals surface area contributed by atoms with Gasteiger partial charge in [0, 0.05) is 28.3 Å². The van der Waals surface area contributed by atoms with Gasteiger partial charge in [-0.25, -0.2) is 9.48 Å². The second-order valence-corrected chi connectivity index (χ2v) is 7.28. The zero-order valence-electron chi connectivity index (χ0n) is 14.4. The molecule has 1 N–H and O–H groups in total. The zero-order chi connectivity index (χ0) is 20.0. The van der Waals surface area contributed by atoms with Gasteiger partial charge < -0.3 is 5.11 Å². The predicted octanol–water partition coefficient (Wildman–Crippen LogP) is 4.94. The van der Waals surface area contributed by atoms with Gasteiger partial charge in [0.05, 0.1) is 21.3 Å². The Kier molecular flexibility index (Phi) is 4.56. The van der Waals surface area contributed by atoms with Crippen LogP contribution in [0.3, 0.4) is 0 Å². The summed E-state index contributed by atoms with van der Waals surface area (Å²) in [6.07, 6.45) is 1.74. The molecule has 0 aliphatic heterocycles. The molecule has 0 spiro atoms. The second kappa shape index (κ2) is 6.92. The van der Waals surface area contributed by atoms with Crippen LogP contribution in [-0.2, 0) is 12.8 Å². The first-order valence-corrected chi connectivity index (χ1v) is 9.20. The van der Waals surface area contributed by atoms with Gasteiger partial charge in [0.15, 0.2) is 5.69 Å². The molecule has 0 saturated carbocycles. The molecule has 9 heteroatoms. The van der Waals surface area contributed by atoms with E-state index in [4.69, 9.17) is 23.2 Å². The Morgan fingerprint density at radius 1 is 1.18 bits per heavy atom. The van der Waals surface area contributed by atoms with Crippen LogP contribution in [0.1, 0.15) is 28.0 Å². The van der Waals surface area contributed by atoms with E-state index in [1.807, 2.05) is 0 Å². The lowest BCUT2D eigenvalue weighted by Crippen LogP contribution is -2.04. The SMILES string of the molecule is O=C(O)c1nn(-c2ccc(Cl)cc2Cl)c2c1CCCc1cc([N+](=O)[O-])ccc1-2. The number of carboxylic acid groups (broad SMARTS) is 1. The van der Waals surface area contributed by atoms with Gasteiger partial charge in [-0.15, -0.1) is 0 Å². The van der Waals surface area contributed by atoms with E-state index in [2.05, 4.69) is 5.10 Å². The van der Waals surface area contributed by atoms with Gasteiger partial charge in [0.25, 0.3) is 5.69 Å². The Hall–Kier alpha value is -2.90. The van der Waals surface area contributed by atoms with E-state index in [9.17, 15) is 20.0 Å². The van der Waals surface area contributed by atoms with Gasteiger partial charge in [0.1, 0.15) is 0 Å². The van der Waals surface area contributed by atoms with Crippen molar-refractivity contribution < 1.29 is 14.8 Å². The molecular formula is C19H13Cl2N3O4. The number of halogens is 2. The van der Waals surface area contributed by atoms with Crippen LogP contribution in [0.4, 0.5) is 5.69 Å². The summed E-state index contributed by atoms with van der Waals surface area (Å²) in [5, 5.41) is 25.9. The first-order valence-electron chi connectivity index (χ1n) is 8.45. The molecule has 0 bridgehead atoms. The van der Waals surface area contributed by atoms with E-state index in [1.54, 1.807) is 24.3 Å². The van der Waals surface area contributed by atoms with Crippen molar-refractivity contribution in [3.63, 3.8) is 0 Å². The fourth-order valence-corrected chi connectivity index (χ4v) is 4.04. The van der Waals surface area contributed by atoms with Gasteiger partial charge in [-0.05, 0) is 49.1 Å². The molecule has 0 atom stereocenters. The molecule has 2 aromatic carbocycles. The lowest BCUT2D eigenvalue weighted by Gasteiger charge is -2.12. The van der Waals surface area contributed by atoms with Crippen LogP contribution in [0.15, 0.2) is 36.4 Å². The van der Waals surface area contributed by atoms with Crippen molar-refractivity contribution in [3.05, 3.63) is 73.4 Å². The molecule has 1 aliphatic rings. The lowest BCUT2D eigenvalue weighted by atomic mass is 10.0. The number of aryl methyl sites for hydroxylation is 1. The minimum atomic E-state index is -1.13. The fourth-order valence-electron chi connectivity index (χ4n) is 3.55. The van der Waals surface area contributed by atoms with Crippen LogP contribution in [0.2, 0.25) is 10.0 Å². The van der Waals surface area contributed by atoms with Crippen LogP contribution in [0.25, 0.3) is 16.9 Å². The average Bonchev–Trinajstić information content (AvgIpc) is 2.90. The van der Waals surface area contributed by atoms with E-state index in [0.29, 0.717) is 51.8 Å². The number of carboxylic acids is 1. The average molecular weight is 418 g/mol. The standard InChI is InChI=1S/C19H13Cl2N3O4/c20-11-4-7-16(15(21)9-11)23-18-13-6-5-12(24(27)28)8-10(13)2-1-3-14(18)17(22-23)19(25)26/h4-9H,1-3H2,(H,25,26). The number of hydrogen-bond acceptors (Lipinski definition) is 4. The van der Waals surface area contributed by atoms with Crippen molar-refractivity contribution in [2.75, 3.05) is 0 Å². The number of nitro benzene ring substituents is 1. The Morgan fingerprint density at radius 3 is 2.64 bits per heavy atom. The number of aromatic carboxylic acids is 1. The molecular weight excluding hydrogens is 405 g/mol.